The molecule has 29 heteroatoms. The number of aliphatic hydroxyl groups is 1. The van der Waals surface area contributed by atoms with Crippen molar-refractivity contribution in [2.75, 3.05) is 45.2 Å². The van der Waals surface area contributed by atoms with Crippen molar-refractivity contribution in [2.45, 2.75) is 101 Å². The number of hydrogen-bond acceptors (Lipinski definition) is 14. The highest BCUT2D eigenvalue weighted by molar-refractivity contribution is 7.98. The molecular formula is C37H47F6N9O12SSi. The van der Waals surface area contributed by atoms with Gasteiger partial charge in [-0.15, -0.1) is 11.8 Å². The van der Waals surface area contributed by atoms with Crippen LogP contribution in [-0.2, 0) is 33.0 Å². The maximum absolute atomic E-state index is 12.5. The van der Waals surface area contributed by atoms with Crippen LogP contribution in [0.3, 0.4) is 0 Å². The fraction of sp³-hybridized carbons (Fsp3) is 0.622. The molecular weight excluding hydrogens is 937 g/mol. The molecule has 364 valence electrons. The molecule has 0 saturated carbocycles. The average molecular weight is 984 g/mol. The summed E-state index contributed by atoms with van der Waals surface area (Å²) >= 11 is 1.49. The van der Waals surface area contributed by atoms with Crippen molar-refractivity contribution in [3.05, 3.63) is 75.6 Å². The summed E-state index contributed by atoms with van der Waals surface area (Å²) in [4.78, 5) is 76.8. The standard InChI is InChI=1S/C22H32F3N3O6SSi.C15H15F3N6O6/c1-21(2,3)36(5,6)33-12-16-15(32-13-35-4)10-17(34-16)28-11-14(18(29)27-20(28)31)8-7-9-26-19(30)22(23,24)25;16-15(17,18)13(27)20-3-1-2-8-5-24(14(28)22-12(8)26)11-4-9(10(6-25)30-11)29-7-21-23-19/h11,15-17H,9-10,12-13H2,1-6H3,(H,26,30)(H,27,29,31);5,9-11,25H,3-4,6-7H2,(H,20,27)(H,22,26,28). The van der Waals surface area contributed by atoms with Gasteiger partial charge in [0.05, 0.1) is 44.5 Å². The summed E-state index contributed by atoms with van der Waals surface area (Å²) in [5, 5.41) is 15.7. The molecule has 0 aromatic carbocycles. The van der Waals surface area contributed by atoms with Gasteiger partial charge < -0.3 is 39.1 Å². The quantitative estimate of drug-likeness (QED) is 0.0345. The molecule has 2 aliphatic heterocycles. The van der Waals surface area contributed by atoms with Crippen LogP contribution in [0.15, 0.2) is 36.7 Å². The van der Waals surface area contributed by atoms with Crippen molar-refractivity contribution >= 4 is 31.9 Å². The number of rotatable bonds is 14. The fourth-order valence-corrected chi connectivity index (χ4v) is 6.85. The molecule has 0 spiro atoms. The highest BCUT2D eigenvalue weighted by atomic mass is 32.2. The van der Waals surface area contributed by atoms with Crippen molar-refractivity contribution in [1.29, 1.82) is 0 Å². The van der Waals surface area contributed by atoms with E-state index in [1.54, 1.807) is 5.32 Å². The molecule has 6 atom stereocenters. The van der Waals surface area contributed by atoms with Crippen LogP contribution in [0.1, 0.15) is 57.2 Å². The Bertz CT molecular complexity index is 2440. The number of azide groups is 1. The Morgan fingerprint density at radius 2 is 1.33 bits per heavy atom. The maximum atomic E-state index is 12.5. The van der Waals surface area contributed by atoms with Crippen LogP contribution in [0, 0.1) is 23.7 Å². The fourth-order valence-electron chi connectivity index (χ4n) is 5.53. The first-order valence-corrected chi connectivity index (χ1v) is 23.7. The number of ether oxygens (including phenoxy) is 4. The molecule has 2 aromatic heterocycles. The number of aliphatic hydroxyl groups excluding tert-OH is 1. The highest BCUT2D eigenvalue weighted by Crippen LogP contribution is 2.38. The Hall–Kier alpha value is -5.36. The lowest BCUT2D eigenvalue weighted by atomic mass is 10.2. The van der Waals surface area contributed by atoms with E-state index >= 15 is 0 Å². The van der Waals surface area contributed by atoms with Crippen LogP contribution in [0.5, 0.6) is 0 Å². The average Bonchev–Trinajstić information content (AvgIpc) is 3.83. The Morgan fingerprint density at radius 3 is 1.74 bits per heavy atom. The van der Waals surface area contributed by atoms with E-state index in [0.29, 0.717) is 12.4 Å². The molecule has 0 bridgehead atoms. The van der Waals surface area contributed by atoms with Gasteiger partial charge in [0.15, 0.2) is 8.32 Å². The summed E-state index contributed by atoms with van der Waals surface area (Å²) in [5.74, 6) is 5.19. The van der Waals surface area contributed by atoms with Gasteiger partial charge in [0.1, 0.15) is 42.5 Å². The largest absolute Gasteiger partial charge is 0.471 e. The number of nitrogens with zero attached hydrogens (tertiary/aromatic N) is 5. The van der Waals surface area contributed by atoms with Gasteiger partial charge in [-0.1, -0.05) is 49.6 Å². The van der Waals surface area contributed by atoms with Gasteiger partial charge >= 0.3 is 35.5 Å². The van der Waals surface area contributed by atoms with Gasteiger partial charge in [-0.25, -0.2) is 9.59 Å². The first-order valence-electron chi connectivity index (χ1n) is 19.4. The van der Waals surface area contributed by atoms with E-state index < -0.39 is 105 Å². The van der Waals surface area contributed by atoms with Crippen LogP contribution < -0.4 is 33.1 Å². The van der Waals surface area contributed by atoms with Gasteiger partial charge in [-0.3, -0.25) is 38.3 Å². The minimum absolute atomic E-state index is 0.0103. The Labute approximate surface area is 376 Å². The lowest BCUT2D eigenvalue weighted by molar-refractivity contribution is -0.173. The maximum Gasteiger partial charge on any atom is 0.471 e. The number of amides is 2. The number of alkyl halides is 6. The molecule has 4 rings (SSSR count). The van der Waals surface area contributed by atoms with Gasteiger partial charge in [0.2, 0.25) is 0 Å². The molecule has 2 aliphatic rings. The van der Waals surface area contributed by atoms with Crippen LogP contribution in [0.4, 0.5) is 26.3 Å². The van der Waals surface area contributed by atoms with Gasteiger partial charge in [-0.2, -0.15) is 26.3 Å². The molecule has 66 heavy (non-hydrogen) atoms. The number of halogens is 6. The minimum Gasteiger partial charge on any atom is -0.414 e. The summed E-state index contributed by atoms with van der Waals surface area (Å²) in [5.41, 5.74) is 4.56. The molecule has 2 amide bonds. The topological polar surface area (TPSA) is 283 Å². The minimum atomic E-state index is -5.06. The monoisotopic (exact) mass is 983 g/mol. The predicted molar refractivity (Wildman–Crippen MR) is 224 cm³/mol. The summed E-state index contributed by atoms with van der Waals surface area (Å²) < 4.78 is 104. The van der Waals surface area contributed by atoms with Gasteiger partial charge in [-0.05, 0) is 29.9 Å². The number of aromatic amines is 2. The Balaban J connectivity index is 0.000000356. The van der Waals surface area contributed by atoms with E-state index in [4.69, 9.17) is 28.9 Å². The predicted octanol–water partition coefficient (Wildman–Crippen LogP) is 2.08. The second-order valence-corrected chi connectivity index (χ2v) is 21.2. The number of thioether (sulfide) groups is 1. The summed E-state index contributed by atoms with van der Waals surface area (Å²) in [6.07, 6.45) is -9.72. The van der Waals surface area contributed by atoms with E-state index in [1.807, 2.05) is 11.2 Å². The van der Waals surface area contributed by atoms with Crippen LogP contribution in [-0.4, -0.2) is 126 Å². The highest BCUT2D eigenvalue weighted by Gasteiger charge is 2.43. The van der Waals surface area contributed by atoms with Crippen molar-refractivity contribution < 1.29 is 64.4 Å². The summed E-state index contributed by atoms with van der Waals surface area (Å²) in [6, 6.07) is 0. The molecule has 21 nitrogen and oxygen atoms in total. The Kier molecular flexibility index (Phi) is 19.9. The van der Waals surface area contributed by atoms with E-state index in [-0.39, 0.29) is 42.0 Å². The number of carbonyl (C=O) groups excluding carboxylic acids is 2. The van der Waals surface area contributed by atoms with Crippen LogP contribution >= 0.6 is 11.8 Å². The third kappa shape index (κ3) is 15.9. The van der Waals surface area contributed by atoms with E-state index in [1.165, 1.54) is 27.8 Å². The molecule has 2 aromatic rings. The van der Waals surface area contributed by atoms with Crippen LogP contribution in [0.25, 0.3) is 10.4 Å². The number of carbonyl (C=O) groups is 2. The molecule has 0 radical (unpaired) electrons. The van der Waals surface area contributed by atoms with Gasteiger partial charge in [0.25, 0.3) is 11.1 Å². The smallest absolute Gasteiger partial charge is 0.414 e. The second-order valence-electron chi connectivity index (χ2n) is 15.5. The van der Waals surface area contributed by atoms with Crippen molar-refractivity contribution in [3.8, 4) is 23.7 Å². The zero-order valence-electron chi connectivity index (χ0n) is 36.1. The van der Waals surface area contributed by atoms with Crippen LogP contribution in [0.2, 0.25) is 18.1 Å². The lowest BCUT2D eigenvalue weighted by Crippen LogP contribution is -2.44. The van der Waals surface area contributed by atoms with Crippen molar-refractivity contribution in [1.82, 2.24) is 29.7 Å². The number of hydrogen-bond donors (Lipinski definition) is 5. The van der Waals surface area contributed by atoms with Crippen molar-refractivity contribution in [3.63, 3.8) is 0 Å². The van der Waals surface area contributed by atoms with E-state index in [2.05, 4.69) is 72.6 Å². The SMILES string of the molecule is CSCOC1CC(n2cc(C#CCNC(=O)C(F)(F)F)c(=O)[nH]c2=O)OC1CO[Si](C)(C)C(C)(C)C.[N-]=[N+]=NCOC1CC(n2cc(C#CCNC(=O)C(F)(F)F)c(=O)[nH]c2=O)OC1CO. The first-order chi connectivity index (χ1) is 30.7. The third-order valence-electron chi connectivity index (χ3n) is 9.96. The van der Waals surface area contributed by atoms with E-state index in [0.717, 1.165) is 10.8 Å². The summed E-state index contributed by atoms with van der Waals surface area (Å²) in [7, 11) is -2.08. The van der Waals surface area contributed by atoms with Gasteiger partial charge in [0, 0.05) is 30.1 Å². The lowest BCUT2D eigenvalue weighted by Gasteiger charge is -2.37. The zero-order valence-corrected chi connectivity index (χ0v) is 37.9. The number of H-pyrrole nitrogens is 2. The molecule has 2 fully saturated rings. The van der Waals surface area contributed by atoms with E-state index in [9.17, 15) is 60.2 Å². The Morgan fingerprint density at radius 1 is 0.879 bits per heavy atom. The second kappa shape index (κ2) is 23.9. The zero-order chi connectivity index (χ0) is 49.6. The molecule has 6 unspecified atom stereocenters. The number of aromatic nitrogens is 4. The summed E-state index contributed by atoms with van der Waals surface area (Å²) in [6.45, 7) is 8.78. The normalized spacial score (nSPS) is 20.7. The molecule has 5 N–H and O–H groups in total. The molecule has 0 aliphatic carbocycles. The molecule has 2 saturated heterocycles. The number of nitrogens with one attached hydrogen (secondary N) is 4. The molecule has 4 heterocycles. The first kappa shape index (κ1) is 55.0. The third-order valence-corrected chi connectivity index (χ3v) is 14.8. The van der Waals surface area contributed by atoms with Crippen molar-refractivity contribution in [2.24, 2.45) is 5.11 Å².